The van der Waals surface area contributed by atoms with Gasteiger partial charge in [0.25, 0.3) is 5.69 Å². The lowest BCUT2D eigenvalue weighted by atomic mass is 10.2. The van der Waals surface area contributed by atoms with E-state index in [0.717, 1.165) is 10.9 Å². The highest BCUT2D eigenvalue weighted by Gasteiger charge is 2.11. The van der Waals surface area contributed by atoms with Crippen LogP contribution < -0.4 is 11.3 Å². The van der Waals surface area contributed by atoms with Gasteiger partial charge < -0.3 is 5.84 Å². The molecule has 0 aliphatic carbocycles. The minimum atomic E-state index is -0.425. The van der Waals surface area contributed by atoms with Crippen LogP contribution in [0.25, 0.3) is 10.9 Å². The number of aryl methyl sites for hydroxylation is 1. The lowest BCUT2D eigenvalue weighted by Gasteiger charge is -1.99. The van der Waals surface area contributed by atoms with Gasteiger partial charge >= 0.3 is 0 Å². The van der Waals surface area contributed by atoms with Gasteiger partial charge in [-0.15, -0.1) is 12.4 Å². The van der Waals surface area contributed by atoms with Gasteiger partial charge in [-0.05, 0) is 6.07 Å². The van der Waals surface area contributed by atoms with Crippen molar-refractivity contribution in [3.63, 3.8) is 0 Å². The summed E-state index contributed by atoms with van der Waals surface area (Å²) in [5, 5.41) is 15.1. The van der Waals surface area contributed by atoms with Crippen molar-refractivity contribution in [2.75, 3.05) is 0 Å². The first-order valence-corrected chi connectivity index (χ1v) is 4.60. The number of hydrogen-bond acceptors (Lipinski definition) is 4. The molecule has 0 radical (unpaired) electrons. The number of nitro groups is 1. The van der Waals surface area contributed by atoms with E-state index in [4.69, 9.17) is 5.84 Å². The van der Waals surface area contributed by atoms with Crippen molar-refractivity contribution >= 4 is 29.0 Å². The summed E-state index contributed by atoms with van der Waals surface area (Å²) in [5.74, 6) is 5.28. The van der Waals surface area contributed by atoms with Gasteiger partial charge in [-0.3, -0.25) is 19.5 Å². The monoisotopic (exact) mass is 257 g/mol. The van der Waals surface area contributed by atoms with Crippen LogP contribution >= 0.6 is 12.4 Å². The Hall–Kier alpha value is -2.02. The van der Waals surface area contributed by atoms with Crippen LogP contribution in [0, 0.1) is 10.1 Å². The first-order chi connectivity index (χ1) is 7.56. The Morgan fingerprint density at radius 2 is 2.00 bits per heavy atom. The fourth-order valence-electron chi connectivity index (χ4n) is 1.72. The molecule has 0 fully saturated rings. The van der Waals surface area contributed by atoms with Crippen LogP contribution in [0.4, 0.5) is 5.69 Å². The van der Waals surface area contributed by atoms with Gasteiger partial charge in [0.2, 0.25) is 0 Å². The highest BCUT2D eigenvalue weighted by atomic mass is 35.5. The number of nitrogens with zero attached hydrogens (tertiary/aromatic N) is 4. The number of fused-ring (bicyclic) bond motifs is 1. The molecule has 0 amide bonds. The van der Waals surface area contributed by atoms with E-state index in [9.17, 15) is 10.1 Å². The van der Waals surface area contributed by atoms with Gasteiger partial charge in [0.1, 0.15) is 0 Å². The van der Waals surface area contributed by atoms with E-state index in [1.54, 1.807) is 29.5 Å². The molecule has 0 spiro atoms. The molecule has 0 unspecified atom stereocenters. The molecule has 1 aromatic heterocycles. The zero-order valence-corrected chi connectivity index (χ0v) is 10.1. The topological polar surface area (TPSA) is 91.4 Å². The maximum Gasteiger partial charge on any atom is 0.271 e. The van der Waals surface area contributed by atoms with Gasteiger partial charge in [0.05, 0.1) is 10.4 Å². The first-order valence-electron chi connectivity index (χ1n) is 4.60. The minimum absolute atomic E-state index is 0. The average molecular weight is 258 g/mol. The van der Waals surface area contributed by atoms with Gasteiger partial charge in [0, 0.05) is 31.6 Å². The molecule has 2 N–H and O–H groups in total. The standard InChI is InChI=1S/C9H11N5O2.ClH/c1-12-8-5-6(14(15)16)3-4-7(8)9(11-10)13(12)2;/h3-5H,10H2,1-2H3;1H. The van der Waals surface area contributed by atoms with Crippen molar-refractivity contribution in [2.45, 2.75) is 0 Å². The number of nitro benzene ring substituents is 1. The number of hydrogen-bond donors (Lipinski definition) is 1. The second kappa shape index (κ2) is 4.46. The van der Waals surface area contributed by atoms with E-state index in [1.807, 2.05) is 0 Å². The number of aromatic nitrogens is 2. The summed E-state index contributed by atoms with van der Waals surface area (Å²) >= 11 is 0. The molecule has 2 aromatic rings. The molecule has 2 rings (SSSR count). The number of rotatable bonds is 1. The SMILES string of the molecule is Cl.Cn1c(=NN)c2ccc([N+](=O)[O-])cc2n1C. The molecule has 8 heteroatoms. The van der Waals surface area contributed by atoms with Crippen molar-refractivity contribution in [3.8, 4) is 0 Å². The molecule has 7 nitrogen and oxygen atoms in total. The van der Waals surface area contributed by atoms with Crippen LogP contribution in [0.15, 0.2) is 23.3 Å². The smallest absolute Gasteiger partial charge is 0.271 e. The van der Waals surface area contributed by atoms with Crippen molar-refractivity contribution < 1.29 is 4.92 Å². The van der Waals surface area contributed by atoms with Crippen LogP contribution in [0.2, 0.25) is 0 Å². The van der Waals surface area contributed by atoms with Crippen molar-refractivity contribution in [2.24, 2.45) is 25.0 Å². The van der Waals surface area contributed by atoms with Crippen molar-refractivity contribution in [1.29, 1.82) is 0 Å². The van der Waals surface area contributed by atoms with E-state index < -0.39 is 4.92 Å². The zero-order chi connectivity index (χ0) is 11.9. The maximum absolute atomic E-state index is 10.7. The first kappa shape index (κ1) is 13.0. The second-order valence-electron chi connectivity index (χ2n) is 3.46. The third kappa shape index (κ3) is 1.84. The molecule has 0 saturated heterocycles. The summed E-state index contributed by atoms with van der Waals surface area (Å²) in [5.41, 5.74) is 1.37. The second-order valence-corrected chi connectivity index (χ2v) is 3.46. The molecule has 1 aromatic carbocycles. The van der Waals surface area contributed by atoms with Crippen molar-refractivity contribution in [3.05, 3.63) is 33.8 Å². The minimum Gasteiger partial charge on any atom is -0.321 e. The van der Waals surface area contributed by atoms with Gasteiger partial charge in [-0.2, -0.15) is 5.10 Å². The number of non-ortho nitro benzene ring substituents is 1. The fraction of sp³-hybridized carbons (Fsp3) is 0.222. The number of benzene rings is 1. The quantitative estimate of drug-likeness (QED) is 0.461. The summed E-state index contributed by atoms with van der Waals surface area (Å²) in [6.07, 6.45) is 0. The summed E-state index contributed by atoms with van der Waals surface area (Å²) in [6, 6.07) is 4.60. The highest BCUT2D eigenvalue weighted by molar-refractivity contribution is 5.85. The summed E-state index contributed by atoms with van der Waals surface area (Å²) < 4.78 is 3.49. The Morgan fingerprint density at radius 3 is 2.53 bits per heavy atom. The number of halogens is 1. The Balaban J connectivity index is 0.00000144. The van der Waals surface area contributed by atoms with E-state index >= 15 is 0 Å². The largest absolute Gasteiger partial charge is 0.321 e. The molecular weight excluding hydrogens is 246 g/mol. The Labute approximate surface area is 103 Å². The molecular formula is C9H12ClN5O2. The van der Waals surface area contributed by atoms with Gasteiger partial charge in [-0.1, -0.05) is 0 Å². The van der Waals surface area contributed by atoms with E-state index in [2.05, 4.69) is 5.10 Å². The lowest BCUT2D eigenvalue weighted by Crippen LogP contribution is -2.20. The molecule has 0 aliphatic heterocycles. The summed E-state index contributed by atoms with van der Waals surface area (Å²) in [4.78, 5) is 10.2. The maximum atomic E-state index is 10.7. The van der Waals surface area contributed by atoms with E-state index in [-0.39, 0.29) is 18.1 Å². The zero-order valence-electron chi connectivity index (χ0n) is 9.32. The molecule has 0 bridgehead atoms. The van der Waals surface area contributed by atoms with E-state index in [1.165, 1.54) is 12.1 Å². The van der Waals surface area contributed by atoms with Crippen LogP contribution in [-0.4, -0.2) is 14.3 Å². The van der Waals surface area contributed by atoms with Gasteiger partial charge in [-0.25, -0.2) is 0 Å². The molecule has 0 aliphatic rings. The van der Waals surface area contributed by atoms with E-state index in [0.29, 0.717) is 5.49 Å². The predicted octanol–water partition coefficient (Wildman–Crippen LogP) is 0.621. The summed E-state index contributed by atoms with van der Waals surface area (Å²) in [7, 11) is 3.58. The fourth-order valence-corrected chi connectivity index (χ4v) is 1.72. The highest BCUT2D eigenvalue weighted by Crippen LogP contribution is 2.18. The van der Waals surface area contributed by atoms with Crippen LogP contribution in [0.1, 0.15) is 0 Å². The van der Waals surface area contributed by atoms with Crippen LogP contribution in [0.5, 0.6) is 0 Å². The van der Waals surface area contributed by atoms with Gasteiger partial charge in [0.15, 0.2) is 5.49 Å². The Kier molecular flexibility index (Phi) is 3.42. The molecule has 0 saturated carbocycles. The Morgan fingerprint density at radius 1 is 1.35 bits per heavy atom. The average Bonchev–Trinajstić information content (AvgIpc) is 2.51. The van der Waals surface area contributed by atoms with Crippen LogP contribution in [-0.2, 0) is 14.1 Å². The summed E-state index contributed by atoms with van der Waals surface area (Å²) in [6.45, 7) is 0. The molecule has 17 heavy (non-hydrogen) atoms. The third-order valence-electron chi connectivity index (χ3n) is 2.66. The lowest BCUT2D eigenvalue weighted by molar-refractivity contribution is -0.384. The van der Waals surface area contributed by atoms with Crippen LogP contribution in [0.3, 0.4) is 0 Å². The predicted molar refractivity (Wildman–Crippen MR) is 65.5 cm³/mol. The third-order valence-corrected chi connectivity index (χ3v) is 2.66. The normalized spacial score (nSPS) is 11.5. The molecule has 0 atom stereocenters. The number of nitrogens with two attached hydrogens (primary N) is 1. The van der Waals surface area contributed by atoms with Crippen molar-refractivity contribution in [1.82, 2.24) is 9.36 Å². The molecule has 1 heterocycles. The Bertz CT molecular complexity index is 643. The molecule has 92 valence electrons.